The summed E-state index contributed by atoms with van der Waals surface area (Å²) in [5.74, 6) is 1.17. The number of Topliss-reactive ketones (excluding diaryl/α,β-unsaturated/α-hetero) is 1. The molecular formula is C19H16N4O3S. The summed E-state index contributed by atoms with van der Waals surface area (Å²) in [4.78, 5) is 20.3. The molecule has 0 fully saturated rings. The second-order valence-electron chi connectivity index (χ2n) is 5.74. The number of rotatable bonds is 6. The third-order valence-electron chi connectivity index (χ3n) is 4.14. The quantitative estimate of drug-likeness (QED) is 0.404. The van der Waals surface area contributed by atoms with Crippen LogP contribution < -0.4 is 9.47 Å². The van der Waals surface area contributed by atoms with Crippen molar-refractivity contribution in [3.63, 3.8) is 0 Å². The molecule has 0 atom stereocenters. The van der Waals surface area contributed by atoms with E-state index < -0.39 is 0 Å². The van der Waals surface area contributed by atoms with Crippen LogP contribution in [0.1, 0.15) is 10.4 Å². The number of nitrogens with one attached hydrogen (secondary N) is 1. The molecular weight excluding hydrogens is 364 g/mol. The van der Waals surface area contributed by atoms with Crippen molar-refractivity contribution in [2.75, 3.05) is 20.0 Å². The monoisotopic (exact) mass is 380 g/mol. The van der Waals surface area contributed by atoms with Gasteiger partial charge in [-0.2, -0.15) is 0 Å². The first-order chi connectivity index (χ1) is 13.2. The summed E-state index contributed by atoms with van der Waals surface area (Å²) in [5, 5.41) is 9.81. The summed E-state index contributed by atoms with van der Waals surface area (Å²) < 4.78 is 10.5. The molecule has 0 amide bonds. The second kappa shape index (κ2) is 7.24. The average Bonchev–Trinajstić information content (AvgIpc) is 3.09. The molecule has 7 nitrogen and oxygen atoms in total. The van der Waals surface area contributed by atoms with Crippen LogP contribution in [0.2, 0.25) is 0 Å². The van der Waals surface area contributed by atoms with E-state index in [0.717, 1.165) is 16.4 Å². The van der Waals surface area contributed by atoms with Crippen molar-refractivity contribution < 1.29 is 14.3 Å². The Morgan fingerprint density at radius 2 is 1.96 bits per heavy atom. The Kier molecular flexibility index (Phi) is 4.64. The van der Waals surface area contributed by atoms with E-state index >= 15 is 0 Å². The fraction of sp³-hybridized carbons (Fsp3) is 0.158. The van der Waals surface area contributed by atoms with Crippen LogP contribution in [0.15, 0.2) is 47.6 Å². The van der Waals surface area contributed by atoms with E-state index in [1.54, 1.807) is 25.3 Å². The predicted octanol–water partition coefficient (Wildman–Crippen LogP) is 3.50. The van der Waals surface area contributed by atoms with Gasteiger partial charge in [-0.1, -0.05) is 30.0 Å². The molecule has 0 spiro atoms. The third-order valence-corrected chi connectivity index (χ3v) is 4.98. The first-order valence-corrected chi connectivity index (χ1v) is 9.17. The van der Waals surface area contributed by atoms with E-state index in [9.17, 15) is 4.79 Å². The minimum absolute atomic E-state index is 0.101. The molecule has 27 heavy (non-hydrogen) atoms. The SMILES string of the molecule is COc1ccc(OC)c(C(=O)CSc2nnc3c(n2)[nH]c2ccccc23)c1. The van der Waals surface area contributed by atoms with Crippen LogP contribution in [-0.4, -0.2) is 45.9 Å². The molecule has 0 aliphatic carbocycles. The van der Waals surface area contributed by atoms with Gasteiger partial charge < -0.3 is 14.5 Å². The maximum Gasteiger partial charge on any atom is 0.211 e. The smallest absolute Gasteiger partial charge is 0.211 e. The van der Waals surface area contributed by atoms with E-state index in [1.165, 1.54) is 18.9 Å². The van der Waals surface area contributed by atoms with Gasteiger partial charge >= 0.3 is 0 Å². The van der Waals surface area contributed by atoms with Gasteiger partial charge in [0.05, 0.1) is 25.5 Å². The van der Waals surface area contributed by atoms with Crippen LogP contribution in [0.25, 0.3) is 22.1 Å². The number of aromatic amines is 1. The highest BCUT2D eigenvalue weighted by Crippen LogP contribution is 2.27. The lowest BCUT2D eigenvalue weighted by molar-refractivity contribution is 0.101. The molecule has 0 saturated carbocycles. The van der Waals surface area contributed by atoms with Crippen molar-refractivity contribution in [2.45, 2.75) is 5.16 Å². The van der Waals surface area contributed by atoms with Crippen molar-refractivity contribution in [1.29, 1.82) is 0 Å². The standard InChI is InChI=1S/C19H16N4O3S/c1-25-11-7-8-16(26-2)13(9-11)15(24)10-27-19-21-18-17(22-23-19)12-5-3-4-6-14(12)20-18/h3-9H,10H2,1-2H3,(H,20,21,23). The largest absolute Gasteiger partial charge is 0.497 e. The molecule has 0 aliphatic heterocycles. The maximum absolute atomic E-state index is 12.6. The highest BCUT2D eigenvalue weighted by atomic mass is 32.2. The Labute approximate surface area is 159 Å². The number of fused-ring (bicyclic) bond motifs is 3. The van der Waals surface area contributed by atoms with Crippen LogP contribution in [0.5, 0.6) is 11.5 Å². The number of aromatic nitrogens is 4. The number of methoxy groups -OCH3 is 2. The van der Waals surface area contributed by atoms with Crippen LogP contribution in [-0.2, 0) is 0 Å². The summed E-state index contributed by atoms with van der Waals surface area (Å²) in [7, 11) is 3.09. The average molecular weight is 380 g/mol. The van der Waals surface area contributed by atoms with Crippen molar-refractivity contribution in [3.8, 4) is 11.5 Å². The molecule has 1 N–H and O–H groups in total. The van der Waals surface area contributed by atoms with E-state index in [-0.39, 0.29) is 11.5 Å². The number of thioether (sulfide) groups is 1. The van der Waals surface area contributed by atoms with Crippen LogP contribution in [0, 0.1) is 0 Å². The molecule has 4 aromatic rings. The lowest BCUT2D eigenvalue weighted by Gasteiger charge is -2.09. The van der Waals surface area contributed by atoms with Crippen molar-refractivity contribution >= 4 is 39.6 Å². The topological polar surface area (TPSA) is 90.0 Å². The fourth-order valence-corrected chi connectivity index (χ4v) is 3.48. The lowest BCUT2D eigenvalue weighted by Crippen LogP contribution is -2.06. The Balaban J connectivity index is 1.56. The second-order valence-corrected chi connectivity index (χ2v) is 6.68. The number of hydrogen-bond donors (Lipinski definition) is 1. The molecule has 2 aromatic heterocycles. The number of benzene rings is 2. The molecule has 0 radical (unpaired) electrons. The number of para-hydroxylation sites is 1. The minimum Gasteiger partial charge on any atom is -0.497 e. The van der Waals surface area contributed by atoms with Crippen LogP contribution >= 0.6 is 11.8 Å². The fourth-order valence-electron chi connectivity index (χ4n) is 2.81. The van der Waals surface area contributed by atoms with Gasteiger partial charge in [0.2, 0.25) is 5.16 Å². The molecule has 4 rings (SSSR count). The summed E-state index contributed by atoms with van der Waals surface area (Å²) in [6.07, 6.45) is 0. The molecule has 2 heterocycles. The Bertz CT molecular complexity index is 1140. The zero-order valence-corrected chi connectivity index (χ0v) is 15.5. The van der Waals surface area contributed by atoms with Gasteiger partial charge in [-0.25, -0.2) is 4.98 Å². The third kappa shape index (κ3) is 3.31. The highest BCUT2D eigenvalue weighted by molar-refractivity contribution is 7.99. The maximum atomic E-state index is 12.6. The Morgan fingerprint density at radius 1 is 1.11 bits per heavy atom. The normalized spacial score (nSPS) is 11.0. The number of hydrogen-bond acceptors (Lipinski definition) is 7. The molecule has 0 aliphatic rings. The summed E-state index contributed by atoms with van der Waals surface area (Å²) in [5.41, 5.74) is 2.79. The van der Waals surface area contributed by atoms with Crippen molar-refractivity contribution in [1.82, 2.24) is 20.2 Å². The van der Waals surface area contributed by atoms with Gasteiger partial charge in [-0.3, -0.25) is 4.79 Å². The Hall–Kier alpha value is -3.13. The number of carbonyl (C=O) groups is 1. The lowest BCUT2D eigenvalue weighted by atomic mass is 10.1. The van der Waals surface area contributed by atoms with Crippen molar-refractivity contribution in [3.05, 3.63) is 48.0 Å². The van der Waals surface area contributed by atoms with E-state index in [2.05, 4.69) is 20.2 Å². The number of H-pyrrole nitrogens is 1. The minimum atomic E-state index is -0.101. The van der Waals surface area contributed by atoms with Crippen LogP contribution in [0.4, 0.5) is 0 Å². The first kappa shape index (κ1) is 17.3. The summed E-state index contributed by atoms with van der Waals surface area (Å²) in [6.45, 7) is 0. The van der Waals surface area contributed by atoms with E-state index in [1.807, 2.05) is 24.3 Å². The number of ether oxygens (including phenoxy) is 2. The van der Waals surface area contributed by atoms with E-state index in [4.69, 9.17) is 9.47 Å². The van der Waals surface area contributed by atoms with Gasteiger partial charge in [0.25, 0.3) is 0 Å². The van der Waals surface area contributed by atoms with E-state index in [0.29, 0.717) is 27.9 Å². The zero-order chi connectivity index (χ0) is 18.8. The zero-order valence-electron chi connectivity index (χ0n) is 14.7. The van der Waals surface area contributed by atoms with Crippen molar-refractivity contribution in [2.24, 2.45) is 0 Å². The highest BCUT2D eigenvalue weighted by Gasteiger charge is 2.16. The number of ketones is 1. The van der Waals surface area contributed by atoms with Gasteiger partial charge in [0.1, 0.15) is 17.0 Å². The molecule has 0 saturated heterocycles. The summed E-state index contributed by atoms with van der Waals surface area (Å²) in [6, 6.07) is 13.0. The van der Waals surface area contributed by atoms with Gasteiger partial charge in [0.15, 0.2) is 11.4 Å². The molecule has 8 heteroatoms. The molecule has 2 aromatic carbocycles. The number of carbonyl (C=O) groups excluding carboxylic acids is 1. The predicted molar refractivity (Wildman–Crippen MR) is 104 cm³/mol. The Morgan fingerprint density at radius 3 is 2.78 bits per heavy atom. The molecule has 136 valence electrons. The van der Waals surface area contributed by atoms with Crippen LogP contribution in [0.3, 0.4) is 0 Å². The van der Waals surface area contributed by atoms with Gasteiger partial charge in [-0.05, 0) is 24.3 Å². The van der Waals surface area contributed by atoms with Gasteiger partial charge in [0, 0.05) is 10.9 Å². The molecule has 0 bridgehead atoms. The number of nitrogens with zero attached hydrogens (tertiary/aromatic N) is 3. The summed E-state index contributed by atoms with van der Waals surface area (Å²) >= 11 is 1.23. The van der Waals surface area contributed by atoms with Gasteiger partial charge in [-0.15, -0.1) is 10.2 Å². The molecule has 0 unspecified atom stereocenters. The first-order valence-electron chi connectivity index (χ1n) is 8.19.